The molecule has 21 heavy (non-hydrogen) atoms. The number of nitrogens with zero attached hydrogens (tertiary/aromatic N) is 2. The van der Waals surface area contributed by atoms with E-state index >= 15 is 0 Å². The fourth-order valence-electron chi connectivity index (χ4n) is 1.96. The number of nitrogens with one attached hydrogen (secondary N) is 1. The zero-order valence-electron chi connectivity index (χ0n) is 11.4. The molecular formula is C14H14FN3OS2. The number of thioether (sulfide) groups is 1. The molecule has 1 aromatic carbocycles. The Bertz CT molecular complexity index is 661. The van der Waals surface area contributed by atoms with E-state index < -0.39 is 0 Å². The van der Waals surface area contributed by atoms with Gasteiger partial charge in [0, 0.05) is 11.7 Å². The maximum absolute atomic E-state index is 13.5. The van der Waals surface area contributed by atoms with E-state index in [1.165, 1.54) is 29.2 Å². The van der Waals surface area contributed by atoms with Crippen LogP contribution in [-0.4, -0.2) is 16.1 Å². The van der Waals surface area contributed by atoms with Crippen LogP contribution in [0.3, 0.4) is 0 Å². The Balaban J connectivity index is 1.55. The number of hydrogen-bond donors (Lipinski definition) is 1. The maximum Gasteiger partial charge on any atom is 0.229 e. The van der Waals surface area contributed by atoms with E-state index in [1.54, 1.807) is 12.1 Å². The Hall–Kier alpha value is -1.47. The lowest BCUT2D eigenvalue weighted by Crippen LogP contribution is -2.14. The van der Waals surface area contributed by atoms with Gasteiger partial charge in [-0.05, 0) is 24.0 Å². The molecule has 7 heteroatoms. The number of anilines is 1. The Kier molecular flexibility index (Phi) is 4.21. The molecule has 1 aliphatic rings. The van der Waals surface area contributed by atoms with Gasteiger partial charge in [0.25, 0.3) is 0 Å². The first kappa shape index (κ1) is 14.5. The minimum Gasteiger partial charge on any atom is -0.300 e. The summed E-state index contributed by atoms with van der Waals surface area (Å²) < 4.78 is 14.2. The highest BCUT2D eigenvalue weighted by atomic mass is 32.2. The highest BCUT2D eigenvalue weighted by molar-refractivity contribution is 8.00. The summed E-state index contributed by atoms with van der Waals surface area (Å²) in [6, 6.07) is 6.67. The standard InChI is InChI=1S/C14H14FN3OS2/c1-8-6-10(8)12(19)16-13-17-18-14(21-13)20-7-9-4-2-3-5-11(9)15/h2-5,8,10H,6-7H2,1H3,(H,16,17,19). The monoisotopic (exact) mass is 323 g/mol. The molecule has 1 amide bonds. The van der Waals surface area contributed by atoms with E-state index in [1.807, 2.05) is 6.07 Å². The summed E-state index contributed by atoms with van der Waals surface area (Å²) in [6.45, 7) is 2.06. The van der Waals surface area contributed by atoms with E-state index in [9.17, 15) is 9.18 Å². The highest BCUT2D eigenvalue weighted by Crippen LogP contribution is 2.39. The van der Waals surface area contributed by atoms with Crippen molar-refractivity contribution in [3.8, 4) is 0 Å². The topological polar surface area (TPSA) is 54.9 Å². The number of hydrogen-bond acceptors (Lipinski definition) is 5. The lowest BCUT2D eigenvalue weighted by atomic mass is 10.2. The van der Waals surface area contributed by atoms with Gasteiger partial charge in [-0.25, -0.2) is 4.39 Å². The largest absolute Gasteiger partial charge is 0.300 e. The molecule has 0 spiro atoms. The molecule has 1 aliphatic carbocycles. The molecule has 0 radical (unpaired) electrons. The summed E-state index contributed by atoms with van der Waals surface area (Å²) in [5.74, 6) is 0.876. The van der Waals surface area contributed by atoms with E-state index in [4.69, 9.17) is 0 Å². The van der Waals surface area contributed by atoms with Gasteiger partial charge < -0.3 is 5.32 Å². The first-order chi connectivity index (χ1) is 10.1. The Labute approximate surface area is 130 Å². The predicted molar refractivity (Wildman–Crippen MR) is 81.8 cm³/mol. The highest BCUT2D eigenvalue weighted by Gasteiger charge is 2.39. The van der Waals surface area contributed by atoms with Crippen LogP contribution in [0.25, 0.3) is 0 Å². The van der Waals surface area contributed by atoms with Gasteiger partial charge in [-0.2, -0.15) is 0 Å². The number of benzene rings is 1. The third-order valence-electron chi connectivity index (χ3n) is 3.39. The molecule has 1 saturated carbocycles. The van der Waals surface area contributed by atoms with Crippen LogP contribution in [0.4, 0.5) is 9.52 Å². The Morgan fingerprint density at radius 2 is 2.24 bits per heavy atom. The summed E-state index contributed by atoms with van der Waals surface area (Å²) in [5, 5.41) is 11.2. The van der Waals surface area contributed by atoms with E-state index in [0.717, 1.165) is 10.8 Å². The Morgan fingerprint density at radius 3 is 2.95 bits per heavy atom. The van der Waals surface area contributed by atoms with Crippen molar-refractivity contribution < 1.29 is 9.18 Å². The van der Waals surface area contributed by atoms with Crippen LogP contribution in [0.1, 0.15) is 18.9 Å². The summed E-state index contributed by atoms with van der Waals surface area (Å²) in [4.78, 5) is 11.8. The average molecular weight is 323 g/mol. The van der Waals surface area contributed by atoms with E-state index in [0.29, 0.717) is 22.4 Å². The van der Waals surface area contributed by atoms with Gasteiger partial charge in [0.15, 0.2) is 4.34 Å². The normalized spacial score (nSPS) is 20.3. The van der Waals surface area contributed by atoms with Gasteiger partial charge in [0.05, 0.1) is 0 Å². The molecule has 2 atom stereocenters. The second-order valence-electron chi connectivity index (χ2n) is 5.06. The minimum absolute atomic E-state index is 0.0179. The molecule has 2 aromatic rings. The summed E-state index contributed by atoms with van der Waals surface area (Å²) in [6.07, 6.45) is 0.944. The molecular weight excluding hydrogens is 309 g/mol. The van der Waals surface area contributed by atoms with Crippen LogP contribution in [-0.2, 0) is 10.5 Å². The van der Waals surface area contributed by atoms with Crippen LogP contribution < -0.4 is 5.32 Å². The number of halogens is 1. The van der Waals surface area contributed by atoms with Crippen molar-refractivity contribution in [2.24, 2.45) is 11.8 Å². The van der Waals surface area contributed by atoms with Crippen molar-refractivity contribution in [3.05, 3.63) is 35.6 Å². The van der Waals surface area contributed by atoms with E-state index in [-0.39, 0.29) is 17.6 Å². The molecule has 1 N–H and O–H groups in total. The zero-order valence-corrected chi connectivity index (χ0v) is 13.0. The quantitative estimate of drug-likeness (QED) is 0.675. The maximum atomic E-state index is 13.5. The summed E-state index contributed by atoms with van der Waals surface area (Å²) in [7, 11) is 0. The molecule has 0 saturated heterocycles. The third kappa shape index (κ3) is 3.59. The predicted octanol–water partition coefficient (Wildman–Crippen LogP) is 3.56. The van der Waals surface area contributed by atoms with Gasteiger partial charge in [-0.1, -0.05) is 48.2 Å². The van der Waals surface area contributed by atoms with Gasteiger partial charge in [-0.15, -0.1) is 10.2 Å². The fraction of sp³-hybridized carbons (Fsp3) is 0.357. The number of aromatic nitrogens is 2. The summed E-state index contributed by atoms with van der Waals surface area (Å²) in [5.41, 5.74) is 0.634. The Morgan fingerprint density at radius 1 is 1.48 bits per heavy atom. The zero-order chi connectivity index (χ0) is 14.8. The molecule has 1 aromatic heterocycles. The summed E-state index contributed by atoms with van der Waals surface area (Å²) >= 11 is 2.73. The van der Waals surface area contributed by atoms with Gasteiger partial charge in [0.2, 0.25) is 11.0 Å². The van der Waals surface area contributed by atoms with Crippen LogP contribution in [0.5, 0.6) is 0 Å². The van der Waals surface area contributed by atoms with Crippen molar-refractivity contribution in [1.82, 2.24) is 10.2 Å². The van der Waals surface area contributed by atoms with Gasteiger partial charge in [0.1, 0.15) is 5.82 Å². The molecule has 0 bridgehead atoms. The lowest BCUT2D eigenvalue weighted by molar-refractivity contribution is -0.117. The molecule has 3 rings (SSSR count). The SMILES string of the molecule is CC1CC1C(=O)Nc1nnc(SCc2ccccc2F)s1. The average Bonchev–Trinajstić information content (AvgIpc) is 3.04. The number of carbonyl (C=O) groups excluding carboxylic acids is 1. The number of amides is 1. The van der Waals surface area contributed by atoms with Crippen molar-refractivity contribution >= 4 is 34.1 Å². The third-order valence-corrected chi connectivity index (χ3v) is 5.41. The first-order valence-corrected chi connectivity index (χ1v) is 8.44. The van der Waals surface area contributed by atoms with Gasteiger partial charge in [-0.3, -0.25) is 4.79 Å². The number of rotatable bonds is 5. The van der Waals surface area contributed by atoms with Crippen LogP contribution in [0, 0.1) is 17.7 Å². The molecule has 110 valence electrons. The minimum atomic E-state index is -0.217. The second-order valence-corrected chi connectivity index (χ2v) is 7.26. The first-order valence-electron chi connectivity index (χ1n) is 6.64. The smallest absolute Gasteiger partial charge is 0.229 e. The molecule has 0 aliphatic heterocycles. The van der Waals surface area contributed by atoms with Gasteiger partial charge >= 0.3 is 0 Å². The number of carbonyl (C=O) groups is 1. The molecule has 1 heterocycles. The fourth-order valence-corrected chi connectivity index (χ4v) is 3.70. The molecule has 1 fully saturated rings. The van der Waals surface area contributed by atoms with E-state index in [2.05, 4.69) is 22.4 Å². The van der Waals surface area contributed by atoms with Crippen molar-refractivity contribution in [1.29, 1.82) is 0 Å². The second kappa shape index (κ2) is 6.11. The lowest BCUT2D eigenvalue weighted by Gasteiger charge is -1.99. The van der Waals surface area contributed by atoms with Crippen molar-refractivity contribution in [2.45, 2.75) is 23.4 Å². The van der Waals surface area contributed by atoms with Crippen LogP contribution >= 0.6 is 23.1 Å². The van der Waals surface area contributed by atoms with Crippen LogP contribution in [0.15, 0.2) is 28.6 Å². The molecule has 4 nitrogen and oxygen atoms in total. The van der Waals surface area contributed by atoms with Crippen molar-refractivity contribution in [3.63, 3.8) is 0 Å². The van der Waals surface area contributed by atoms with Crippen LogP contribution in [0.2, 0.25) is 0 Å². The van der Waals surface area contributed by atoms with Crippen molar-refractivity contribution in [2.75, 3.05) is 5.32 Å². The molecule has 2 unspecified atom stereocenters.